The summed E-state index contributed by atoms with van der Waals surface area (Å²) in [5, 5.41) is 3.25. The van der Waals surface area contributed by atoms with Crippen molar-refractivity contribution in [2.45, 2.75) is 11.7 Å². The summed E-state index contributed by atoms with van der Waals surface area (Å²) < 4.78 is 5.23. The molecule has 0 aliphatic carbocycles. The average Bonchev–Trinajstić information content (AvgIpc) is 3.07. The van der Waals surface area contributed by atoms with Crippen LogP contribution in [0.1, 0.15) is 6.42 Å². The number of para-hydroxylation sites is 2. The topological polar surface area (TPSA) is 71.0 Å². The van der Waals surface area contributed by atoms with Crippen molar-refractivity contribution in [3.8, 4) is 5.75 Å². The molecule has 1 aliphatic rings. The number of carbonyl (C=O) groups is 2. The monoisotopic (exact) mass is 431 g/mol. The molecular formula is C24H21N3O3S. The number of nitrogens with one attached hydrogen (secondary N) is 1. The quantitative estimate of drug-likeness (QED) is 0.355. The molecule has 7 heteroatoms. The highest BCUT2D eigenvalue weighted by Crippen LogP contribution is 2.33. The van der Waals surface area contributed by atoms with E-state index in [9.17, 15) is 9.59 Å². The molecule has 4 rings (SSSR count). The van der Waals surface area contributed by atoms with Crippen LogP contribution in [0.15, 0.2) is 89.9 Å². The van der Waals surface area contributed by atoms with Crippen LogP contribution in [0.5, 0.6) is 5.75 Å². The summed E-state index contributed by atoms with van der Waals surface area (Å²) in [6.45, 7) is 0. The summed E-state index contributed by atoms with van der Waals surface area (Å²) in [4.78, 5) is 31.7. The molecule has 0 radical (unpaired) electrons. The summed E-state index contributed by atoms with van der Waals surface area (Å²) in [5.74, 6) is 0.0830. The number of amidine groups is 1. The Labute approximate surface area is 184 Å². The number of aliphatic imine (C=N–C) groups is 1. The second kappa shape index (κ2) is 9.49. The lowest BCUT2D eigenvalue weighted by Crippen LogP contribution is -2.31. The molecule has 1 saturated heterocycles. The Morgan fingerprint density at radius 2 is 1.71 bits per heavy atom. The fourth-order valence-corrected chi connectivity index (χ4v) is 4.24. The molecule has 1 heterocycles. The first-order chi connectivity index (χ1) is 15.1. The van der Waals surface area contributed by atoms with Gasteiger partial charge >= 0.3 is 0 Å². The maximum absolute atomic E-state index is 13.1. The van der Waals surface area contributed by atoms with Crippen LogP contribution in [0.3, 0.4) is 0 Å². The van der Waals surface area contributed by atoms with E-state index in [2.05, 4.69) is 10.3 Å². The number of amides is 2. The fraction of sp³-hybridized carbons (Fsp3) is 0.125. The third kappa shape index (κ3) is 4.95. The Morgan fingerprint density at radius 3 is 2.42 bits per heavy atom. The number of anilines is 2. The van der Waals surface area contributed by atoms with Gasteiger partial charge in [-0.15, -0.1) is 0 Å². The largest absolute Gasteiger partial charge is 0.497 e. The smallest absolute Gasteiger partial charge is 0.247 e. The number of benzene rings is 3. The highest BCUT2D eigenvalue weighted by atomic mass is 32.2. The molecule has 0 aromatic heterocycles. The molecule has 31 heavy (non-hydrogen) atoms. The molecular weight excluding hydrogens is 410 g/mol. The number of hydrogen-bond acceptors (Lipinski definition) is 5. The number of hydrogen-bond donors (Lipinski definition) is 1. The summed E-state index contributed by atoms with van der Waals surface area (Å²) >= 11 is 1.26. The van der Waals surface area contributed by atoms with E-state index in [1.165, 1.54) is 16.7 Å². The first-order valence-electron chi connectivity index (χ1n) is 9.77. The van der Waals surface area contributed by atoms with Gasteiger partial charge in [0.05, 0.1) is 18.5 Å². The minimum Gasteiger partial charge on any atom is -0.497 e. The van der Waals surface area contributed by atoms with Gasteiger partial charge in [0.1, 0.15) is 11.0 Å². The summed E-state index contributed by atoms with van der Waals surface area (Å²) in [5.41, 5.74) is 2.12. The van der Waals surface area contributed by atoms with Crippen LogP contribution >= 0.6 is 11.8 Å². The van der Waals surface area contributed by atoms with E-state index >= 15 is 0 Å². The van der Waals surface area contributed by atoms with Crippen LogP contribution in [-0.2, 0) is 9.59 Å². The number of carbonyl (C=O) groups excluding carboxylic acids is 2. The van der Waals surface area contributed by atoms with Crippen molar-refractivity contribution in [1.29, 1.82) is 0 Å². The first-order valence-corrected chi connectivity index (χ1v) is 10.7. The predicted molar refractivity (Wildman–Crippen MR) is 125 cm³/mol. The van der Waals surface area contributed by atoms with Crippen molar-refractivity contribution in [3.05, 3.63) is 84.9 Å². The third-order valence-electron chi connectivity index (χ3n) is 4.68. The molecule has 1 fully saturated rings. The van der Waals surface area contributed by atoms with Crippen LogP contribution in [-0.4, -0.2) is 29.3 Å². The minimum atomic E-state index is -0.572. The Kier molecular flexibility index (Phi) is 6.33. The van der Waals surface area contributed by atoms with Crippen LogP contribution in [0.25, 0.3) is 0 Å². The van der Waals surface area contributed by atoms with Gasteiger partial charge in [-0.05, 0) is 36.4 Å². The number of imide groups is 1. The average molecular weight is 432 g/mol. The third-order valence-corrected chi connectivity index (χ3v) is 5.75. The minimum absolute atomic E-state index is 0.102. The maximum atomic E-state index is 13.1. The lowest BCUT2D eigenvalue weighted by Gasteiger charge is -2.16. The Morgan fingerprint density at radius 1 is 1.00 bits per heavy atom. The lowest BCUT2D eigenvalue weighted by molar-refractivity contribution is -0.121. The lowest BCUT2D eigenvalue weighted by atomic mass is 10.3. The van der Waals surface area contributed by atoms with Gasteiger partial charge in [-0.1, -0.05) is 54.2 Å². The van der Waals surface area contributed by atoms with Gasteiger partial charge in [-0.25, -0.2) is 9.89 Å². The van der Waals surface area contributed by atoms with Gasteiger partial charge in [0.15, 0.2) is 5.17 Å². The van der Waals surface area contributed by atoms with E-state index < -0.39 is 5.25 Å². The molecule has 3 aromatic carbocycles. The molecule has 1 N–H and O–H groups in total. The number of rotatable bonds is 5. The van der Waals surface area contributed by atoms with Gasteiger partial charge in [-0.3, -0.25) is 9.59 Å². The highest BCUT2D eigenvalue weighted by Gasteiger charge is 2.41. The van der Waals surface area contributed by atoms with Crippen molar-refractivity contribution < 1.29 is 14.3 Å². The Bertz CT molecular complexity index is 1100. The van der Waals surface area contributed by atoms with Crippen molar-refractivity contribution in [1.82, 2.24) is 0 Å². The van der Waals surface area contributed by atoms with E-state index in [0.717, 1.165) is 11.4 Å². The van der Waals surface area contributed by atoms with Gasteiger partial charge in [0.25, 0.3) is 0 Å². The molecule has 2 amide bonds. The number of thioether (sulfide) groups is 1. The molecule has 156 valence electrons. The fourth-order valence-electron chi connectivity index (χ4n) is 3.20. The summed E-state index contributed by atoms with van der Waals surface area (Å²) in [6, 6.07) is 26.0. The van der Waals surface area contributed by atoms with E-state index in [1.54, 1.807) is 31.4 Å². The molecule has 1 aliphatic heterocycles. The Balaban J connectivity index is 1.58. The Hall–Kier alpha value is -3.58. The van der Waals surface area contributed by atoms with Gasteiger partial charge in [-0.2, -0.15) is 0 Å². The summed E-state index contributed by atoms with van der Waals surface area (Å²) in [6.07, 6.45) is 0.102. The molecule has 1 unspecified atom stereocenters. The van der Waals surface area contributed by atoms with Gasteiger partial charge in [0, 0.05) is 18.2 Å². The molecule has 0 bridgehead atoms. The molecule has 0 spiro atoms. The second-order valence-electron chi connectivity index (χ2n) is 6.82. The van der Waals surface area contributed by atoms with Gasteiger partial charge in [0.2, 0.25) is 11.8 Å². The zero-order valence-corrected chi connectivity index (χ0v) is 17.7. The van der Waals surface area contributed by atoms with E-state index in [4.69, 9.17) is 4.74 Å². The normalized spacial score (nSPS) is 16.5. The first kappa shape index (κ1) is 20.7. The van der Waals surface area contributed by atoms with Crippen LogP contribution < -0.4 is 15.0 Å². The number of nitrogens with zero attached hydrogens (tertiary/aromatic N) is 2. The molecule has 6 nitrogen and oxygen atoms in total. The predicted octanol–water partition coefficient (Wildman–Crippen LogP) is 4.86. The molecule has 0 saturated carbocycles. The van der Waals surface area contributed by atoms with E-state index in [-0.39, 0.29) is 18.2 Å². The zero-order valence-electron chi connectivity index (χ0n) is 16.9. The van der Waals surface area contributed by atoms with Crippen molar-refractivity contribution in [2.75, 3.05) is 17.3 Å². The second-order valence-corrected chi connectivity index (χ2v) is 8.01. The number of ether oxygens (including phenoxy) is 1. The standard InChI is InChI=1S/C24H21N3O3S/c1-30-20-14-8-13-19(15-20)27-22(28)16-21(23(27)29)31-24(25-17-9-4-2-5-10-17)26-18-11-6-3-7-12-18/h2-15,21H,16H2,1H3,(H,25,26). The summed E-state index contributed by atoms with van der Waals surface area (Å²) in [7, 11) is 1.55. The number of methoxy groups -OCH3 is 1. The van der Waals surface area contributed by atoms with Crippen LogP contribution in [0.4, 0.5) is 17.1 Å². The van der Waals surface area contributed by atoms with Crippen molar-refractivity contribution >= 4 is 45.8 Å². The molecule has 3 aromatic rings. The zero-order chi connectivity index (χ0) is 21.6. The van der Waals surface area contributed by atoms with E-state index in [0.29, 0.717) is 16.6 Å². The molecule has 1 atom stereocenters. The van der Waals surface area contributed by atoms with Gasteiger partial charge < -0.3 is 10.1 Å². The van der Waals surface area contributed by atoms with Crippen molar-refractivity contribution in [2.24, 2.45) is 4.99 Å². The highest BCUT2D eigenvalue weighted by molar-refractivity contribution is 8.15. The maximum Gasteiger partial charge on any atom is 0.247 e. The SMILES string of the molecule is COc1cccc(N2C(=O)CC(SC(=Nc3ccccc3)Nc3ccccc3)C2=O)c1. The van der Waals surface area contributed by atoms with Crippen LogP contribution in [0.2, 0.25) is 0 Å². The van der Waals surface area contributed by atoms with Crippen molar-refractivity contribution in [3.63, 3.8) is 0 Å². The van der Waals surface area contributed by atoms with Crippen LogP contribution in [0, 0.1) is 0 Å². The van der Waals surface area contributed by atoms with E-state index in [1.807, 2.05) is 60.7 Å².